The van der Waals surface area contributed by atoms with Gasteiger partial charge in [-0.05, 0) is 49.2 Å². The van der Waals surface area contributed by atoms with Crippen molar-refractivity contribution in [2.75, 3.05) is 10.2 Å². The molecular weight excluding hydrogens is 356 g/mol. The van der Waals surface area contributed by atoms with E-state index < -0.39 is 0 Å². The highest BCUT2D eigenvalue weighted by Gasteiger charge is 2.40. The average molecular weight is 385 g/mol. The van der Waals surface area contributed by atoms with Crippen molar-refractivity contribution < 1.29 is 4.79 Å². The molecule has 0 spiro atoms. The van der Waals surface area contributed by atoms with Gasteiger partial charge in [-0.25, -0.2) is 0 Å². The van der Waals surface area contributed by atoms with Gasteiger partial charge in [-0.3, -0.25) is 4.79 Å². The number of carbonyl (C=O) groups is 1. The number of carbonyl (C=O) groups excluding carboxylic acids is 1. The molecule has 0 bridgehead atoms. The van der Waals surface area contributed by atoms with Crippen molar-refractivity contribution in [2.45, 2.75) is 39.3 Å². The Hall–Kier alpha value is -3.07. The maximum atomic E-state index is 13.6. The Labute approximate surface area is 173 Å². The average Bonchev–Trinajstić information content (AvgIpc) is 2.76. The molecule has 1 amide bonds. The fourth-order valence-electron chi connectivity index (χ4n) is 4.46. The van der Waals surface area contributed by atoms with Crippen molar-refractivity contribution in [1.29, 1.82) is 0 Å². The molecule has 0 aliphatic carbocycles. The van der Waals surface area contributed by atoms with Crippen molar-refractivity contribution in [3.8, 4) is 0 Å². The predicted octanol–water partition coefficient (Wildman–Crippen LogP) is 6.22. The largest absolute Gasteiger partial charge is 0.378 e. The standard InChI is InChI=1S/C26H28N2O/c1-4-23-19(3)25(27-21-10-6-5-7-11-21)22-12-8-9-13-24(22)28(23)26(29)20-16-14-18(2)15-17-20/h5-17,19,23,25,27H,4H2,1-3H3/t19-,23+,25+/m1/s1. The smallest absolute Gasteiger partial charge is 0.258 e. The minimum atomic E-state index is 0.0781. The molecule has 0 unspecified atom stereocenters. The van der Waals surface area contributed by atoms with Gasteiger partial charge < -0.3 is 10.2 Å². The maximum Gasteiger partial charge on any atom is 0.258 e. The summed E-state index contributed by atoms with van der Waals surface area (Å²) in [7, 11) is 0. The quantitative estimate of drug-likeness (QED) is 0.579. The number of nitrogens with zero attached hydrogens (tertiary/aromatic N) is 1. The Bertz CT molecular complexity index is 981. The fraction of sp³-hybridized carbons (Fsp3) is 0.269. The third-order valence-electron chi connectivity index (χ3n) is 6.03. The zero-order valence-corrected chi connectivity index (χ0v) is 17.3. The van der Waals surface area contributed by atoms with Crippen molar-refractivity contribution in [3.63, 3.8) is 0 Å². The number of amides is 1. The van der Waals surface area contributed by atoms with E-state index in [0.717, 1.165) is 28.9 Å². The number of nitrogens with one attached hydrogen (secondary N) is 1. The SMILES string of the molecule is CC[C@H]1[C@@H](C)[C@H](Nc2ccccc2)c2ccccc2N1C(=O)c1ccc(C)cc1. The van der Waals surface area contributed by atoms with Crippen molar-refractivity contribution >= 4 is 17.3 Å². The van der Waals surface area contributed by atoms with Gasteiger partial charge in [0.15, 0.2) is 0 Å². The Morgan fingerprint density at radius 1 is 0.931 bits per heavy atom. The number of anilines is 2. The zero-order chi connectivity index (χ0) is 20.4. The van der Waals surface area contributed by atoms with E-state index in [-0.39, 0.29) is 23.9 Å². The molecule has 3 atom stereocenters. The van der Waals surface area contributed by atoms with Gasteiger partial charge in [0.05, 0.1) is 6.04 Å². The highest BCUT2D eigenvalue weighted by atomic mass is 16.2. The van der Waals surface area contributed by atoms with Gasteiger partial charge in [0, 0.05) is 28.9 Å². The van der Waals surface area contributed by atoms with Crippen molar-refractivity contribution in [3.05, 3.63) is 95.6 Å². The first-order valence-corrected chi connectivity index (χ1v) is 10.4. The highest BCUT2D eigenvalue weighted by molar-refractivity contribution is 6.07. The summed E-state index contributed by atoms with van der Waals surface area (Å²) in [5.74, 6) is 0.346. The minimum Gasteiger partial charge on any atom is -0.378 e. The molecule has 3 heteroatoms. The Kier molecular flexibility index (Phi) is 5.39. The predicted molar refractivity (Wildman–Crippen MR) is 120 cm³/mol. The molecule has 1 heterocycles. The Morgan fingerprint density at radius 2 is 1.59 bits per heavy atom. The van der Waals surface area contributed by atoms with E-state index in [0.29, 0.717) is 0 Å². The highest BCUT2D eigenvalue weighted by Crippen LogP contribution is 2.43. The van der Waals surface area contributed by atoms with Crippen LogP contribution in [0.15, 0.2) is 78.9 Å². The molecule has 1 aliphatic rings. The van der Waals surface area contributed by atoms with Gasteiger partial charge in [0.25, 0.3) is 5.91 Å². The van der Waals surface area contributed by atoms with Crippen LogP contribution < -0.4 is 10.2 Å². The number of rotatable bonds is 4. The van der Waals surface area contributed by atoms with Crippen LogP contribution in [-0.2, 0) is 0 Å². The van der Waals surface area contributed by atoms with Gasteiger partial charge in [0.2, 0.25) is 0 Å². The number of hydrogen-bond donors (Lipinski definition) is 1. The first kappa shape index (κ1) is 19.3. The molecule has 3 nitrogen and oxygen atoms in total. The third kappa shape index (κ3) is 3.65. The maximum absolute atomic E-state index is 13.6. The summed E-state index contributed by atoms with van der Waals surface area (Å²) in [5, 5.41) is 3.72. The summed E-state index contributed by atoms with van der Waals surface area (Å²) in [5.41, 5.74) is 5.19. The number of para-hydroxylation sites is 2. The number of fused-ring (bicyclic) bond motifs is 1. The second-order valence-electron chi connectivity index (χ2n) is 7.92. The van der Waals surface area contributed by atoms with E-state index in [1.165, 1.54) is 5.56 Å². The van der Waals surface area contributed by atoms with Crippen LogP contribution >= 0.6 is 0 Å². The number of aryl methyl sites for hydroxylation is 1. The van der Waals surface area contributed by atoms with Crippen molar-refractivity contribution in [1.82, 2.24) is 0 Å². The second-order valence-corrected chi connectivity index (χ2v) is 7.92. The Balaban J connectivity index is 1.76. The van der Waals surface area contributed by atoms with E-state index >= 15 is 0 Å². The van der Waals surface area contributed by atoms with Crippen LogP contribution in [0, 0.1) is 12.8 Å². The van der Waals surface area contributed by atoms with Crippen LogP contribution in [0.2, 0.25) is 0 Å². The van der Waals surface area contributed by atoms with Crippen LogP contribution in [0.5, 0.6) is 0 Å². The second kappa shape index (κ2) is 8.12. The van der Waals surface area contributed by atoms with E-state index in [9.17, 15) is 4.79 Å². The van der Waals surface area contributed by atoms with Gasteiger partial charge in [-0.15, -0.1) is 0 Å². The number of hydrogen-bond acceptors (Lipinski definition) is 2. The first-order valence-electron chi connectivity index (χ1n) is 10.4. The van der Waals surface area contributed by atoms with E-state index in [4.69, 9.17) is 0 Å². The summed E-state index contributed by atoms with van der Waals surface area (Å²) in [6.45, 7) is 6.46. The van der Waals surface area contributed by atoms with Gasteiger partial charge in [0.1, 0.15) is 0 Å². The molecule has 1 N–H and O–H groups in total. The van der Waals surface area contributed by atoms with E-state index in [1.807, 2.05) is 60.4 Å². The van der Waals surface area contributed by atoms with Gasteiger partial charge in [-0.2, -0.15) is 0 Å². The first-order chi connectivity index (χ1) is 14.1. The molecule has 3 aromatic rings. The zero-order valence-electron chi connectivity index (χ0n) is 17.3. The molecule has 148 valence electrons. The molecular formula is C26H28N2O. The molecule has 4 rings (SSSR count). The lowest BCUT2D eigenvalue weighted by atomic mass is 9.80. The number of benzene rings is 3. The summed E-state index contributed by atoms with van der Waals surface area (Å²) in [4.78, 5) is 15.6. The molecule has 0 fully saturated rings. The summed E-state index contributed by atoms with van der Waals surface area (Å²) in [6.07, 6.45) is 0.903. The lowest BCUT2D eigenvalue weighted by Crippen LogP contribution is -2.50. The summed E-state index contributed by atoms with van der Waals surface area (Å²) < 4.78 is 0. The molecule has 29 heavy (non-hydrogen) atoms. The van der Waals surface area contributed by atoms with Crippen LogP contribution in [-0.4, -0.2) is 11.9 Å². The molecule has 1 aliphatic heterocycles. The molecule has 3 aromatic carbocycles. The van der Waals surface area contributed by atoms with Crippen LogP contribution in [0.1, 0.15) is 47.8 Å². The summed E-state index contributed by atoms with van der Waals surface area (Å²) >= 11 is 0. The lowest BCUT2D eigenvalue weighted by molar-refractivity contribution is 0.0960. The fourth-order valence-corrected chi connectivity index (χ4v) is 4.46. The molecule has 0 saturated carbocycles. The van der Waals surface area contributed by atoms with E-state index in [1.54, 1.807) is 0 Å². The van der Waals surface area contributed by atoms with Crippen molar-refractivity contribution in [2.24, 2.45) is 5.92 Å². The Morgan fingerprint density at radius 3 is 2.28 bits per heavy atom. The van der Waals surface area contributed by atoms with Gasteiger partial charge in [-0.1, -0.05) is 67.9 Å². The summed E-state index contributed by atoms with van der Waals surface area (Å²) in [6, 6.07) is 26.8. The topological polar surface area (TPSA) is 32.3 Å². The minimum absolute atomic E-state index is 0.0781. The normalized spacial score (nSPS) is 20.8. The van der Waals surface area contributed by atoms with Crippen LogP contribution in [0.25, 0.3) is 0 Å². The molecule has 0 aromatic heterocycles. The molecule has 0 radical (unpaired) electrons. The van der Waals surface area contributed by atoms with Crippen LogP contribution in [0.3, 0.4) is 0 Å². The molecule has 0 saturated heterocycles. The van der Waals surface area contributed by atoms with Crippen LogP contribution in [0.4, 0.5) is 11.4 Å². The third-order valence-corrected chi connectivity index (χ3v) is 6.03. The van der Waals surface area contributed by atoms with Gasteiger partial charge >= 0.3 is 0 Å². The monoisotopic (exact) mass is 384 g/mol. The van der Waals surface area contributed by atoms with E-state index in [2.05, 4.69) is 49.5 Å². The lowest BCUT2D eigenvalue weighted by Gasteiger charge is -2.45.